The van der Waals surface area contributed by atoms with Gasteiger partial charge < -0.3 is 9.64 Å². The van der Waals surface area contributed by atoms with E-state index in [2.05, 4.69) is 15.1 Å². The van der Waals surface area contributed by atoms with Gasteiger partial charge >= 0.3 is 0 Å². The number of hydrogen-bond acceptors (Lipinski definition) is 5. The van der Waals surface area contributed by atoms with Gasteiger partial charge in [0.15, 0.2) is 0 Å². The molecule has 0 radical (unpaired) electrons. The largest absolute Gasteiger partial charge is 0.374 e. The predicted molar refractivity (Wildman–Crippen MR) is 45.4 cm³/mol. The normalized spacial score (nSPS) is 33.2. The summed E-state index contributed by atoms with van der Waals surface area (Å²) >= 11 is 1.61. The van der Waals surface area contributed by atoms with Gasteiger partial charge in [-0.2, -0.15) is 0 Å². The van der Waals surface area contributed by atoms with Crippen LogP contribution in [0.3, 0.4) is 0 Å². The van der Waals surface area contributed by atoms with E-state index in [1.54, 1.807) is 16.8 Å². The maximum Gasteiger partial charge on any atom is 0.208 e. The highest BCUT2D eigenvalue weighted by molar-refractivity contribution is 7.13. The molecule has 0 N–H and O–H groups in total. The molecule has 0 spiro atoms. The number of hydrogen-bond donors (Lipinski definition) is 0. The van der Waals surface area contributed by atoms with Crippen molar-refractivity contribution in [1.82, 2.24) is 10.2 Å². The molecule has 12 heavy (non-hydrogen) atoms. The van der Waals surface area contributed by atoms with Crippen LogP contribution in [-0.4, -0.2) is 35.5 Å². The summed E-state index contributed by atoms with van der Waals surface area (Å²) in [5.41, 5.74) is 1.78. The van der Waals surface area contributed by atoms with E-state index < -0.39 is 0 Å². The summed E-state index contributed by atoms with van der Waals surface area (Å²) in [5, 5.41) is 8.94. The number of nitrogens with zero attached hydrogens (tertiary/aromatic N) is 3. The Morgan fingerprint density at radius 3 is 3.25 bits per heavy atom. The molecule has 0 amide bonds. The van der Waals surface area contributed by atoms with E-state index in [4.69, 9.17) is 4.74 Å². The second-order valence-corrected chi connectivity index (χ2v) is 4.03. The Morgan fingerprint density at radius 2 is 2.67 bits per heavy atom. The van der Waals surface area contributed by atoms with Crippen LogP contribution >= 0.6 is 11.3 Å². The summed E-state index contributed by atoms with van der Waals surface area (Å²) in [6.07, 6.45) is 1.61. The zero-order chi connectivity index (χ0) is 7.97. The lowest BCUT2D eigenvalue weighted by Gasteiger charge is -2.25. The summed E-state index contributed by atoms with van der Waals surface area (Å²) in [6.45, 7) is 1.87. The van der Waals surface area contributed by atoms with Crippen molar-refractivity contribution in [3.63, 3.8) is 0 Å². The Kier molecular flexibility index (Phi) is 1.36. The van der Waals surface area contributed by atoms with Crippen molar-refractivity contribution in [2.75, 3.05) is 18.1 Å². The molecule has 3 rings (SSSR count). The molecule has 0 saturated carbocycles. The Balaban J connectivity index is 1.87. The summed E-state index contributed by atoms with van der Waals surface area (Å²) in [4.78, 5) is 2.31. The highest BCUT2D eigenvalue weighted by Gasteiger charge is 2.40. The molecular weight excluding hydrogens is 174 g/mol. The number of rotatable bonds is 1. The van der Waals surface area contributed by atoms with Gasteiger partial charge in [0.1, 0.15) is 5.51 Å². The van der Waals surface area contributed by atoms with E-state index in [1.807, 2.05) is 0 Å². The van der Waals surface area contributed by atoms with Gasteiger partial charge in [-0.25, -0.2) is 0 Å². The van der Waals surface area contributed by atoms with Gasteiger partial charge in [-0.05, 0) is 6.42 Å². The van der Waals surface area contributed by atoms with Crippen LogP contribution < -0.4 is 4.90 Å². The highest BCUT2D eigenvalue weighted by Crippen LogP contribution is 2.32. The molecule has 64 valence electrons. The van der Waals surface area contributed by atoms with Crippen molar-refractivity contribution in [3.05, 3.63) is 5.51 Å². The van der Waals surface area contributed by atoms with E-state index in [0.29, 0.717) is 12.1 Å². The van der Waals surface area contributed by atoms with Crippen molar-refractivity contribution in [1.29, 1.82) is 0 Å². The first-order chi connectivity index (χ1) is 5.93. The van der Waals surface area contributed by atoms with Crippen LogP contribution in [0.25, 0.3) is 0 Å². The first-order valence-electron chi connectivity index (χ1n) is 4.08. The molecule has 2 atom stereocenters. The topological polar surface area (TPSA) is 38.2 Å². The van der Waals surface area contributed by atoms with Gasteiger partial charge in [0.2, 0.25) is 5.13 Å². The monoisotopic (exact) mass is 183 g/mol. The molecule has 3 heterocycles. The molecule has 1 aromatic rings. The third-order valence-electron chi connectivity index (χ3n) is 2.49. The first kappa shape index (κ1) is 6.80. The second kappa shape index (κ2) is 2.40. The van der Waals surface area contributed by atoms with Crippen molar-refractivity contribution >= 4 is 16.5 Å². The molecule has 5 heteroatoms. The fraction of sp³-hybridized carbons (Fsp3) is 0.714. The summed E-state index contributed by atoms with van der Waals surface area (Å²) in [7, 11) is 0. The molecule has 2 aliphatic heterocycles. The summed E-state index contributed by atoms with van der Waals surface area (Å²) in [5.74, 6) is 0. The first-order valence-corrected chi connectivity index (χ1v) is 4.96. The average molecular weight is 183 g/mol. The van der Waals surface area contributed by atoms with E-state index in [1.165, 1.54) is 6.42 Å². The lowest BCUT2D eigenvalue weighted by Crippen LogP contribution is -2.36. The van der Waals surface area contributed by atoms with Gasteiger partial charge in [0.25, 0.3) is 0 Å². The Labute approximate surface area is 74.2 Å². The van der Waals surface area contributed by atoms with Crippen molar-refractivity contribution in [2.45, 2.75) is 18.6 Å². The minimum atomic E-state index is 0.443. The van der Waals surface area contributed by atoms with Gasteiger partial charge in [-0.15, -0.1) is 10.2 Å². The number of aromatic nitrogens is 2. The standard InChI is InChI=1S/C7H9N3OS/c1-5-3-11-6(1)2-10(5)7-9-8-4-12-7/h4-6H,1-3H2. The second-order valence-electron chi connectivity index (χ2n) is 3.22. The van der Waals surface area contributed by atoms with Gasteiger partial charge in [0.05, 0.1) is 18.8 Å². The van der Waals surface area contributed by atoms with Crippen LogP contribution in [0.5, 0.6) is 0 Å². The molecule has 2 unspecified atom stereocenters. The number of fused-ring (bicyclic) bond motifs is 2. The van der Waals surface area contributed by atoms with Gasteiger partial charge in [-0.3, -0.25) is 0 Å². The summed E-state index contributed by atoms with van der Waals surface area (Å²) in [6, 6.07) is 0.558. The minimum Gasteiger partial charge on any atom is -0.374 e. The van der Waals surface area contributed by atoms with E-state index >= 15 is 0 Å². The third kappa shape index (κ3) is 0.864. The van der Waals surface area contributed by atoms with Crippen LogP contribution in [0.15, 0.2) is 5.51 Å². The molecule has 1 aromatic heterocycles. The predicted octanol–water partition coefficient (Wildman–Crippen LogP) is 0.516. The lowest BCUT2D eigenvalue weighted by atomic mass is 10.2. The van der Waals surface area contributed by atoms with Crippen LogP contribution in [0.2, 0.25) is 0 Å². The van der Waals surface area contributed by atoms with Gasteiger partial charge in [-0.1, -0.05) is 11.3 Å². The smallest absolute Gasteiger partial charge is 0.208 e. The lowest BCUT2D eigenvalue weighted by molar-refractivity contribution is 0.0991. The Morgan fingerprint density at radius 1 is 1.67 bits per heavy atom. The highest BCUT2D eigenvalue weighted by atomic mass is 32.1. The molecule has 2 bridgehead atoms. The molecule has 4 nitrogen and oxygen atoms in total. The van der Waals surface area contributed by atoms with Crippen LogP contribution in [-0.2, 0) is 4.74 Å². The maximum absolute atomic E-state index is 5.49. The van der Waals surface area contributed by atoms with E-state index in [-0.39, 0.29) is 0 Å². The number of anilines is 1. The maximum atomic E-state index is 5.49. The van der Waals surface area contributed by atoms with Crippen LogP contribution in [0.1, 0.15) is 6.42 Å². The van der Waals surface area contributed by atoms with Crippen molar-refractivity contribution in [3.8, 4) is 0 Å². The number of morpholine rings is 1. The quantitative estimate of drug-likeness (QED) is 0.636. The zero-order valence-electron chi connectivity index (χ0n) is 6.51. The van der Waals surface area contributed by atoms with Crippen molar-refractivity contribution < 1.29 is 4.74 Å². The minimum absolute atomic E-state index is 0.443. The zero-order valence-corrected chi connectivity index (χ0v) is 7.33. The fourth-order valence-corrected chi connectivity index (χ4v) is 2.57. The van der Waals surface area contributed by atoms with Crippen LogP contribution in [0, 0.1) is 0 Å². The molecule has 2 fully saturated rings. The molecule has 0 aromatic carbocycles. The van der Waals surface area contributed by atoms with Gasteiger partial charge in [0, 0.05) is 6.54 Å². The van der Waals surface area contributed by atoms with E-state index in [9.17, 15) is 0 Å². The Hall–Kier alpha value is -0.680. The average Bonchev–Trinajstić information content (AvgIpc) is 2.81. The third-order valence-corrected chi connectivity index (χ3v) is 3.22. The SMILES string of the molecule is c1nnc(N2CC3CC2CO3)s1. The molecular formula is C7H9N3OS. The van der Waals surface area contributed by atoms with Crippen molar-refractivity contribution in [2.24, 2.45) is 0 Å². The molecule has 0 aliphatic carbocycles. The number of ether oxygens (including phenoxy) is 1. The summed E-state index contributed by atoms with van der Waals surface area (Å²) < 4.78 is 5.49. The fourth-order valence-electron chi connectivity index (χ4n) is 1.93. The van der Waals surface area contributed by atoms with Crippen LogP contribution in [0.4, 0.5) is 5.13 Å². The molecule has 2 aliphatic rings. The molecule has 2 saturated heterocycles. The van der Waals surface area contributed by atoms with E-state index in [0.717, 1.165) is 18.3 Å². The Bertz CT molecular complexity index is 276.